The molecule has 0 saturated heterocycles. The summed E-state index contributed by atoms with van der Waals surface area (Å²) in [5.41, 5.74) is 14.6. The predicted octanol–water partition coefficient (Wildman–Crippen LogP) is 1.87. The second kappa shape index (κ2) is 9.94. The summed E-state index contributed by atoms with van der Waals surface area (Å²) < 4.78 is 0. The summed E-state index contributed by atoms with van der Waals surface area (Å²) in [7, 11) is 0. The minimum Gasteiger partial charge on any atom is -0.481 e. The predicted molar refractivity (Wildman–Crippen MR) is 123 cm³/mol. The number of amides is 1. The van der Waals surface area contributed by atoms with Crippen molar-refractivity contribution < 1.29 is 24.6 Å². The largest absolute Gasteiger partial charge is 0.481 e. The van der Waals surface area contributed by atoms with Crippen molar-refractivity contribution >= 4 is 40.5 Å². The lowest BCUT2D eigenvalue weighted by atomic mass is 10.0. The highest BCUT2D eigenvalue weighted by atomic mass is 16.4. The van der Waals surface area contributed by atoms with E-state index in [4.69, 9.17) is 16.6 Å². The number of hydrogen-bond acceptors (Lipinski definition) is 7. The van der Waals surface area contributed by atoms with E-state index < -0.39 is 29.8 Å². The van der Waals surface area contributed by atoms with Crippen LogP contribution in [0.15, 0.2) is 42.5 Å². The molecule has 3 rings (SSSR count). The highest BCUT2D eigenvalue weighted by molar-refractivity contribution is 5.96. The van der Waals surface area contributed by atoms with Crippen molar-refractivity contribution in [3.63, 3.8) is 0 Å². The first-order chi connectivity index (χ1) is 15.6. The van der Waals surface area contributed by atoms with Crippen LogP contribution in [0.3, 0.4) is 0 Å². The van der Waals surface area contributed by atoms with Gasteiger partial charge in [-0.3, -0.25) is 9.59 Å². The number of aliphatic carboxylic acids is 2. The lowest BCUT2D eigenvalue weighted by Crippen LogP contribution is -2.42. The molecule has 0 spiro atoms. The fourth-order valence-electron chi connectivity index (χ4n) is 3.40. The molecule has 1 amide bonds. The van der Waals surface area contributed by atoms with Crippen molar-refractivity contribution in [2.75, 3.05) is 11.5 Å². The number of benzene rings is 2. The number of carbonyl (C=O) groups excluding carboxylic acids is 1. The number of nitrogen functional groups attached to an aromatic ring is 2. The second-order valence-corrected chi connectivity index (χ2v) is 7.85. The number of aryl methyl sites for hydroxylation is 2. The molecule has 2 atom stereocenters. The third-order valence-corrected chi connectivity index (χ3v) is 5.34. The average molecular weight is 451 g/mol. The lowest BCUT2D eigenvalue weighted by molar-refractivity contribution is -0.143. The van der Waals surface area contributed by atoms with Gasteiger partial charge in [-0.2, -0.15) is 4.98 Å². The Balaban J connectivity index is 1.62. The van der Waals surface area contributed by atoms with Crippen molar-refractivity contribution in [1.82, 2.24) is 15.3 Å². The minimum atomic E-state index is -1.29. The van der Waals surface area contributed by atoms with Gasteiger partial charge in [0.15, 0.2) is 0 Å². The van der Waals surface area contributed by atoms with Gasteiger partial charge < -0.3 is 27.0 Å². The normalized spacial score (nSPS) is 12.8. The molecule has 0 radical (unpaired) electrons. The molecule has 33 heavy (non-hydrogen) atoms. The smallest absolute Gasteiger partial charge is 0.326 e. The SMILES string of the molecule is CC(CC(NC(=O)c1ccc(CCc2ccc3nc(N)nc(N)c3c2)cc1)C(=O)O)C(=O)O. The van der Waals surface area contributed by atoms with Crippen molar-refractivity contribution in [3.8, 4) is 0 Å². The molecule has 0 aliphatic heterocycles. The third-order valence-electron chi connectivity index (χ3n) is 5.34. The number of fused-ring (bicyclic) bond motifs is 1. The molecule has 0 bridgehead atoms. The van der Waals surface area contributed by atoms with Gasteiger partial charge in [-0.25, -0.2) is 9.78 Å². The number of anilines is 2. The maximum atomic E-state index is 12.4. The highest BCUT2D eigenvalue weighted by Crippen LogP contribution is 2.21. The van der Waals surface area contributed by atoms with Crippen LogP contribution in [-0.2, 0) is 22.4 Å². The molecule has 7 N–H and O–H groups in total. The summed E-state index contributed by atoms with van der Waals surface area (Å²) in [5.74, 6) is -3.42. The van der Waals surface area contributed by atoms with Crippen LogP contribution in [0.5, 0.6) is 0 Å². The van der Waals surface area contributed by atoms with Gasteiger partial charge in [0.05, 0.1) is 11.4 Å². The number of nitrogens with one attached hydrogen (secondary N) is 1. The molecule has 0 saturated carbocycles. The second-order valence-electron chi connectivity index (χ2n) is 7.85. The Morgan fingerprint density at radius 1 is 0.939 bits per heavy atom. The minimum absolute atomic E-state index is 0.128. The Kier molecular flexibility index (Phi) is 7.07. The molecule has 1 aromatic heterocycles. The van der Waals surface area contributed by atoms with E-state index in [2.05, 4.69) is 15.3 Å². The first kappa shape index (κ1) is 23.5. The summed E-state index contributed by atoms with van der Waals surface area (Å²) in [6.45, 7) is 1.39. The number of nitrogens with two attached hydrogens (primary N) is 2. The lowest BCUT2D eigenvalue weighted by Gasteiger charge is -2.16. The number of aromatic nitrogens is 2. The van der Waals surface area contributed by atoms with Crippen LogP contribution in [0.2, 0.25) is 0 Å². The molecule has 0 aliphatic carbocycles. The van der Waals surface area contributed by atoms with Gasteiger partial charge in [-0.05, 0) is 54.7 Å². The topological polar surface area (TPSA) is 182 Å². The Morgan fingerprint density at radius 3 is 2.21 bits per heavy atom. The zero-order valence-corrected chi connectivity index (χ0v) is 18.0. The van der Waals surface area contributed by atoms with Crippen LogP contribution < -0.4 is 16.8 Å². The zero-order valence-electron chi connectivity index (χ0n) is 18.0. The summed E-state index contributed by atoms with van der Waals surface area (Å²) >= 11 is 0. The molecule has 0 aliphatic rings. The molecular weight excluding hydrogens is 426 g/mol. The van der Waals surface area contributed by atoms with Crippen LogP contribution in [0, 0.1) is 5.92 Å². The number of nitrogens with zero attached hydrogens (tertiary/aromatic N) is 2. The molecule has 2 unspecified atom stereocenters. The Bertz CT molecular complexity index is 1200. The van der Waals surface area contributed by atoms with Gasteiger partial charge in [0.25, 0.3) is 5.91 Å². The molecular formula is C23H25N5O5. The van der Waals surface area contributed by atoms with Crippen molar-refractivity contribution in [2.45, 2.75) is 32.2 Å². The standard InChI is InChI=1S/C23H25N5O5/c1-12(21(30)31)10-18(22(32)33)26-20(29)15-7-4-13(5-8-15)2-3-14-6-9-17-16(11-14)19(24)28-23(25)27-17/h4-9,11-12,18H,2-3,10H2,1H3,(H,26,29)(H,30,31)(H,32,33)(H4,24,25,27,28). The molecule has 3 aromatic rings. The Hall–Kier alpha value is -4.21. The van der Waals surface area contributed by atoms with Gasteiger partial charge in [-0.15, -0.1) is 0 Å². The van der Waals surface area contributed by atoms with Crippen LogP contribution in [-0.4, -0.2) is 44.1 Å². The van der Waals surface area contributed by atoms with E-state index >= 15 is 0 Å². The van der Waals surface area contributed by atoms with E-state index in [0.29, 0.717) is 23.3 Å². The van der Waals surface area contributed by atoms with Crippen molar-refractivity contribution in [1.29, 1.82) is 0 Å². The maximum absolute atomic E-state index is 12.4. The van der Waals surface area contributed by atoms with E-state index in [0.717, 1.165) is 22.9 Å². The number of carboxylic acids is 2. The van der Waals surface area contributed by atoms with Crippen molar-refractivity contribution in [2.24, 2.45) is 5.92 Å². The zero-order chi connectivity index (χ0) is 24.1. The fraction of sp³-hybridized carbons (Fsp3) is 0.261. The van der Waals surface area contributed by atoms with E-state index in [1.54, 1.807) is 24.3 Å². The average Bonchev–Trinajstić information content (AvgIpc) is 2.77. The highest BCUT2D eigenvalue weighted by Gasteiger charge is 2.25. The maximum Gasteiger partial charge on any atom is 0.326 e. The third kappa shape index (κ3) is 5.94. The van der Waals surface area contributed by atoms with E-state index in [1.165, 1.54) is 6.92 Å². The number of rotatable bonds is 9. The number of carbonyl (C=O) groups is 3. The van der Waals surface area contributed by atoms with Gasteiger partial charge in [0.1, 0.15) is 11.9 Å². The molecule has 2 aromatic carbocycles. The molecule has 172 valence electrons. The van der Waals surface area contributed by atoms with Gasteiger partial charge >= 0.3 is 11.9 Å². The van der Waals surface area contributed by atoms with Gasteiger partial charge in [-0.1, -0.05) is 25.1 Å². The first-order valence-electron chi connectivity index (χ1n) is 10.3. The Morgan fingerprint density at radius 2 is 1.58 bits per heavy atom. The van der Waals surface area contributed by atoms with Gasteiger partial charge in [0, 0.05) is 10.9 Å². The van der Waals surface area contributed by atoms with E-state index in [-0.39, 0.29) is 12.4 Å². The van der Waals surface area contributed by atoms with Crippen molar-refractivity contribution in [3.05, 3.63) is 59.2 Å². The summed E-state index contributed by atoms with van der Waals surface area (Å²) in [5, 5.41) is 21.4. The van der Waals surface area contributed by atoms with Gasteiger partial charge in [0.2, 0.25) is 5.95 Å². The molecule has 10 nitrogen and oxygen atoms in total. The first-order valence-corrected chi connectivity index (χ1v) is 10.3. The van der Waals surface area contributed by atoms with E-state index in [1.807, 2.05) is 18.2 Å². The molecule has 0 fully saturated rings. The van der Waals surface area contributed by atoms with Crippen LogP contribution in [0.25, 0.3) is 10.9 Å². The Labute approximate surface area is 189 Å². The quantitative estimate of drug-likeness (QED) is 0.324. The van der Waals surface area contributed by atoms with Crippen LogP contribution in [0.1, 0.15) is 34.8 Å². The number of carboxylic acid groups (broad SMARTS) is 2. The van der Waals surface area contributed by atoms with Crippen LogP contribution in [0.4, 0.5) is 11.8 Å². The summed E-state index contributed by atoms with van der Waals surface area (Å²) in [6.07, 6.45) is 1.22. The molecule has 1 heterocycles. The summed E-state index contributed by atoms with van der Waals surface area (Å²) in [4.78, 5) is 42.9. The number of hydrogen-bond donors (Lipinski definition) is 5. The van der Waals surface area contributed by atoms with Crippen LogP contribution >= 0.6 is 0 Å². The van der Waals surface area contributed by atoms with E-state index in [9.17, 15) is 19.5 Å². The monoisotopic (exact) mass is 451 g/mol. The fourth-order valence-corrected chi connectivity index (χ4v) is 3.40. The summed E-state index contributed by atoms with van der Waals surface area (Å²) in [6, 6.07) is 11.2. The molecule has 10 heteroatoms.